The van der Waals surface area contributed by atoms with Gasteiger partial charge in [-0.25, -0.2) is 9.98 Å². The Morgan fingerprint density at radius 1 is 1.07 bits per heavy atom. The van der Waals surface area contributed by atoms with Crippen LogP contribution in [-0.4, -0.2) is 24.6 Å². The second kappa shape index (κ2) is 10.3. The van der Waals surface area contributed by atoms with Crippen LogP contribution in [-0.2, 0) is 13.1 Å². The number of nitrogens with one attached hydrogen (secondary N) is 2. The molecule has 0 saturated heterocycles. The summed E-state index contributed by atoms with van der Waals surface area (Å²) < 4.78 is 10.9. The minimum Gasteiger partial charge on any atom is -0.497 e. The van der Waals surface area contributed by atoms with E-state index in [1.165, 1.54) is 4.88 Å². The predicted octanol–water partition coefficient (Wildman–Crippen LogP) is 4.20. The van der Waals surface area contributed by atoms with E-state index in [1.807, 2.05) is 42.5 Å². The second-order valence-corrected chi connectivity index (χ2v) is 6.94. The van der Waals surface area contributed by atoms with E-state index in [-0.39, 0.29) is 0 Å². The molecule has 0 saturated carbocycles. The maximum atomic E-state index is 5.75. The molecule has 0 amide bonds. The number of aromatic nitrogens is 1. The van der Waals surface area contributed by atoms with Gasteiger partial charge in [-0.15, -0.1) is 11.3 Å². The molecule has 0 aliphatic heterocycles. The van der Waals surface area contributed by atoms with Crippen LogP contribution in [0.4, 0.5) is 0 Å². The smallest absolute Gasteiger partial charge is 0.219 e. The Balaban J connectivity index is 1.55. The van der Waals surface area contributed by atoms with Gasteiger partial charge in [0.2, 0.25) is 5.88 Å². The van der Waals surface area contributed by atoms with Crippen LogP contribution >= 0.6 is 11.3 Å². The molecule has 0 unspecified atom stereocenters. The van der Waals surface area contributed by atoms with Crippen LogP contribution in [0.2, 0.25) is 0 Å². The van der Waals surface area contributed by atoms with E-state index in [2.05, 4.69) is 39.0 Å². The Kier molecular flexibility index (Phi) is 7.26. The predicted molar refractivity (Wildman–Crippen MR) is 113 cm³/mol. The molecule has 28 heavy (non-hydrogen) atoms. The number of ether oxygens (including phenoxy) is 2. The molecule has 6 nitrogen and oxygen atoms in total. The molecule has 0 spiro atoms. The highest BCUT2D eigenvalue weighted by atomic mass is 32.1. The lowest BCUT2D eigenvalue weighted by molar-refractivity contribution is 0.412. The molecule has 2 heterocycles. The van der Waals surface area contributed by atoms with Gasteiger partial charge < -0.3 is 20.1 Å². The van der Waals surface area contributed by atoms with Crippen LogP contribution in [0.1, 0.15) is 17.4 Å². The van der Waals surface area contributed by atoms with Crippen LogP contribution < -0.4 is 20.1 Å². The summed E-state index contributed by atoms with van der Waals surface area (Å²) in [7, 11) is 1.64. The number of hydrogen-bond donors (Lipinski definition) is 2. The SMILES string of the molecule is CCNC(=NCc1ccc(Oc2ccc(OC)cc2)nc1)NCc1cccs1. The molecular formula is C21H24N4O2S. The highest BCUT2D eigenvalue weighted by Crippen LogP contribution is 2.22. The Hall–Kier alpha value is -3.06. The number of aliphatic imine (C=N–C) groups is 1. The van der Waals surface area contributed by atoms with Gasteiger partial charge in [-0.05, 0) is 48.2 Å². The summed E-state index contributed by atoms with van der Waals surface area (Å²) in [6.45, 7) is 4.16. The topological polar surface area (TPSA) is 67.8 Å². The summed E-state index contributed by atoms with van der Waals surface area (Å²) in [6, 6.07) is 15.4. The summed E-state index contributed by atoms with van der Waals surface area (Å²) in [5.41, 5.74) is 1.01. The van der Waals surface area contributed by atoms with Gasteiger partial charge in [0.05, 0.1) is 20.2 Å². The molecule has 0 radical (unpaired) electrons. The van der Waals surface area contributed by atoms with Crippen molar-refractivity contribution in [3.8, 4) is 17.4 Å². The van der Waals surface area contributed by atoms with Crippen LogP contribution in [0.15, 0.2) is 65.1 Å². The number of nitrogens with zero attached hydrogens (tertiary/aromatic N) is 2. The van der Waals surface area contributed by atoms with Crippen LogP contribution in [0.5, 0.6) is 17.4 Å². The molecule has 3 aromatic rings. The summed E-state index contributed by atoms with van der Waals surface area (Å²) >= 11 is 1.73. The average Bonchev–Trinajstić information content (AvgIpc) is 3.25. The zero-order valence-electron chi connectivity index (χ0n) is 16.0. The fourth-order valence-corrected chi connectivity index (χ4v) is 3.07. The van der Waals surface area contributed by atoms with Gasteiger partial charge in [-0.3, -0.25) is 0 Å². The Morgan fingerprint density at radius 3 is 2.54 bits per heavy atom. The van der Waals surface area contributed by atoms with Crippen molar-refractivity contribution < 1.29 is 9.47 Å². The number of guanidine groups is 1. The van der Waals surface area contributed by atoms with Crippen LogP contribution in [0, 0.1) is 0 Å². The molecular weight excluding hydrogens is 372 g/mol. The van der Waals surface area contributed by atoms with Crippen molar-refractivity contribution in [2.45, 2.75) is 20.0 Å². The number of methoxy groups -OCH3 is 1. The van der Waals surface area contributed by atoms with Crippen molar-refractivity contribution in [1.82, 2.24) is 15.6 Å². The zero-order valence-corrected chi connectivity index (χ0v) is 16.8. The maximum absolute atomic E-state index is 5.75. The molecule has 0 aliphatic carbocycles. The lowest BCUT2D eigenvalue weighted by Crippen LogP contribution is -2.36. The van der Waals surface area contributed by atoms with Gasteiger partial charge in [-0.2, -0.15) is 0 Å². The van der Waals surface area contributed by atoms with Crippen molar-refractivity contribution in [2.75, 3.05) is 13.7 Å². The first-order chi connectivity index (χ1) is 13.8. The fraction of sp³-hybridized carbons (Fsp3) is 0.238. The number of pyridine rings is 1. The van der Waals surface area contributed by atoms with Gasteiger partial charge in [0.15, 0.2) is 5.96 Å². The van der Waals surface area contributed by atoms with Crippen molar-refractivity contribution in [2.24, 2.45) is 4.99 Å². The van der Waals surface area contributed by atoms with Gasteiger partial charge in [0.1, 0.15) is 11.5 Å². The number of benzene rings is 1. The number of thiophene rings is 1. The molecule has 146 valence electrons. The fourth-order valence-electron chi connectivity index (χ4n) is 2.43. The first-order valence-electron chi connectivity index (χ1n) is 9.08. The largest absolute Gasteiger partial charge is 0.497 e. The van der Waals surface area contributed by atoms with Crippen molar-refractivity contribution >= 4 is 17.3 Å². The summed E-state index contributed by atoms with van der Waals surface area (Å²) in [6.07, 6.45) is 1.78. The molecule has 1 aromatic carbocycles. The molecule has 2 N–H and O–H groups in total. The summed E-state index contributed by atoms with van der Waals surface area (Å²) in [4.78, 5) is 10.3. The third-order valence-electron chi connectivity index (χ3n) is 3.85. The Bertz CT molecular complexity index is 862. The Morgan fingerprint density at radius 2 is 1.89 bits per heavy atom. The maximum Gasteiger partial charge on any atom is 0.219 e. The van der Waals surface area contributed by atoms with E-state index in [9.17, 15) is 0 Å². The molecule has 0 aliphatic rings. The van der Waals surface area contributed by atoms with E-state index in [0.29, 0.717) is 18.2 Å². The number of rotatable bonds is 8. The van der Waals surface area contributed by atoms with Crippen LogP contribution in [0.25, 0.3) is 0 Å². The average molecular weight is 397 g/mol. The minimum absolute atomic E-state index is 0.537. The van der Waals surface area contributed by atoms with Crippen molar-refractivity contribution in [3.05, 3.63) is 70.5 Å². The van der Waals surface area contributed by atoms with E-state index in [4.69, 9.17) is 9.47 Å². The monoisotopic (exact) mass is 396 g/mol. The molecule has 0 atom stereocenters. The number of hydrogen-bond acceptors (Lipinski definition) is 5. The molecule has 3 rings (SSSR count). The molecule has 2 aromatic heterocycles. The third kappa shape index (κ3) is 5.99. The van der Waals surface area contributed by atoms with E-state index in [1.54, 1.807) is 24.6 Å². The molecule has 7 heteroatoms. The molecule has 0 fully saturated rings. The van der Waals surface area contributed by atoms with Crippen molar-refractivity contribution in [3.63, 3.8) is 0 Å². The standard InChI is InChI=1S/C21H24N4O2S/c1-3-22-21(25-15-19-5-4-12-28-19)24-14-16-6-11-20(23-13-16)27-18-9-7-17(26-2)8-10-18/h4-13H,3,14-15H2,1-2H3,(H2,22,24,25). The molecule has 0 bridgehead atoms. The second-order valence-electron chi connectivity index (χ2n) is 5.91. The highest BCUT2D eigenvalue weighted by Gasteiger charge is 2.02. The van der Waals surface area contributed by atoms with Gasteiger partial charge in [0.25, 0.3) is 0 Å². The first-order valence-corrected chi connectivity index (χ1v) is 9.96. The zero-order chi connectivity index (χ0) is 19.6. The van der Waals surface area contributed by atoms with E-state index in [0.717, 1.165) is 30.4 Å². The quantitative estimate of drug-likeness (QED) is 0.441. The lowest BCUT2D eigenvalue weighted by atomic mass is 10.3. The third-order valence-corrected chi connectivity index (χ3v) is 4.73. The Labute approximate surface area is 169 Å². The van der Waals surface area contributed by atoms with Gasteiger partial charge >= 0.3 is 0 Å². The van der Waals surface area contributed by atoms with Gasteiger partial charge in [0, 0.05) is 23.7 Å². The van der Waals surface area contributed by atoms with Crippen LogP contribution in [0.3, 0.4) is 0 Å². The summed E-state index contributed by atoms with van der Waals surface area (Å²) in [5.74, 6) is 2.83. The first kappa shape index (κ1) is 19.7. The lowest BCUT2D eigenvalue weighted by Gasteiger charge is -2.10. The summed E-state index contributed by atoms with van der Waals surface area (Å²) in [5, 5.41) is 8.67. The van der Waals surface area contributed by atoms with Crippen molar-refractivity contribution in [1.29, 1.82) is 0 Å². The van der Waals surface area contributed by atoms with Gasteiger partial charge in [-0.1, -0.05) is 12.1 Å². The normalized spacial score (nSPS) is 11.1. The van der Waals surface area contributed by atoms with E-state index >= 15 is 0 Å². The highest BCUT2D eigenvalue weighted by molar-refractivity contribution is 7.09. The van der Waals surface area contributed by atoms with E-state index < -0.39 is 0 Å². The minimum atomic E-state index is 0.537.